The van der Waals surface area contributed by atoms with E-state index >= 15 is 0 Å². The normalized spacial score (nSPS) is 12.6. The minimum absolute atomic E-state index is 0.747. The van der Waals surface area contributed by atoms with Gasteiger partial charge in [-0.15, -0.1) is 0 Å². The summed E-state index contributed by atoms with van der Waals surface area (Å²) in [6.07, 6.45) is 3.81. The Morgan fingerprint density at radius 2 is 0.667 bits per heavy atom. The predicted molar refractivity (Wildman–Crippen MR) is 261 cm³/mol. The van der Waals surface area contributed by atoms with E-state index in [9.17, 15) is 0 Å². The third-order valence-electron chi connectivity index (χ3n) is 13.0. The van der Waals surface area contributed by atoms with Crippen LogP contribution < -0.4 is 9.80 Å². The van der Waals surface area contributed by atoms with Crippen LogP contribution in [0.15, 0.2) is 249 Å². The highest BCUT2D eigenvalue weighted by molar-refractivity contribution is 6.02. The van der Waals surface area contributed by atoms with Crippen molar-refractivity contribution in [2.45, 2.75) is 5.41 Å². The summed E-state index contributed by atoms with van der Waals surface area (Å²) in [5.74, 6) is 0. The van der Waals surface area contributed by atoms with E-state index in [2.05, 4.69) is 251 Å². The summed E-state index contributed by atoms with van der Waals surface area (Å²) in [4.78, 5) is 9.22. The summed E-state index contributed by atoms with van der Waals surface area (Å²) in [6.45, 7) is 0. The first kappa shape index (κ1) is 36.6. The van der Waals surface area contributed by atoms with Gasteiger partial charge in [0.25, 0.3) is 0 Å². The van der Waals surface area contributed by atoms with Gasteiger partial charge in [-0.05, 0) is 152 Å². The van der Waals surface area contributed by atoms with Gasteiger partial charge in [-0.3, -0.25) is 4.98 Å². The first-order chi connectivity index (χ1) is 31.3. The number of nitrogens with zero attached hydrogens (tertiary/aromatic N) is 3. The van der Waals surface area contributed by atoms with Crippen LogP contribution >= 0.6 is 0 Å². The zero-order chi connectivity index (χ0) is 41.7. The van der Waals surface area contributed by atoms with Gasteiger partial charge in [-0.1, -0.05) is 152 Å². The van der Waals surface area contributed by atoms with E-state index in [1.54, 1.807) is 0 Å². The maximum Gasteiger partial charge on any atom is 0.0727 e. The van der Waals surface area contributed by atoms with Gasteiger partial charge < -0.3 is 9.80 Å². The fraction of sp³-hybridized carbons (Fsp3) is 0.0167. The molecular weight excluding hydrogens is 763 g/mol. The Kier molecular flexibility index (Phi) is 8.72. The van der Waals surface area contributed by atoms with Crippen molar-refractivity contribution >= 4 is 34.1 Å². The Morgan fingerprint density at radius 3 is 1.14 bits per heavy atom. The number of anilines is 6. The fourth-order valence-electron chi connectivity index (χ4n) is 10.4. The number of hydrogen-bond acceptors (Lipinski definition) is 3. The molecule has 296 valence electrons. The van der Waals surface area contributed by atoms with Crippen LogP contribution in [0.4, 0.5) is 34.1 Å². The monoisotopic (exact) mass is 803 g/mol. The predicted octanol–water partition coefficient (Wildman–Crippen LogP) is 15.7. The Hall–Kier alpha value is -8.27. The summed E-state index contributed by atoms with van der Waals surface area (Å²) in [5.41, 5.74) is 20.5. The lowest BCUT2D eigenvalue weighted by atomic mass is 9.65. The van der Waals surface area contributed by atoms with Crippen molar-refractivity contribution in [3.05, 3.63) is 271 Å². The molecule has 0 unspecified atom stereocenters. The van der Waals surface area contributed by atoms with E-state index in [0.717, 1.165) is 39.7 Å². The lowest BCUT2D eigenvalue weighted by Crippen LogP contribution is -2.30. The maximum atomic E-state index is 4.43. The number of rotatable bonds is 7. The number of benzene rings is 9. The third kappa shape index (κ3) is 5.78. The average Bonchev–Trinajstić information content (AvgIpc) is 3.61. The molecule has 12 rings (SSSR count). The zero-order valence-corrected chi connectivity index (χ0v) is 34.5. The van der Waals surface area contributed by atoms with Gasteiger partial charge in [0.1, 0.15) is 0 Å². The van der Waals surface area contributed by atoms with Crippen molar-refractivity contribution in [1.82, 2.24) is 4.98 Å². The molecule has 1 aromatic heterocycles. The summed E-state index contributed by atoms with van der Waals surface area (Å²) < 4.78 is 0. The maximum absolute atomic E-state index is 4.43. The van der Waals surface area contributed by atoms with Crippen molar-refractivity contribution < 1.29 is 0 Å². The van der Waals surface area contributed by atoms with Crippen LogP contribution in [-0.4, -0.2) is 4.98 Å². The highest BCUT2D eigenvalue weighted by atomic mass is 15.1. The van der Waals surface area contributed by atoms with Crippen LogP contribution in [0.1, 0.15) is 22.3 Å². The molecular formula is C60H41N3. The molecule has 0 amide bonds. The second kappa shape index (κ2) is 15.0. The molecule has 1 heterocycles. The Balaban J connectivity index is 1.24. The van der Waals surface area contributed by atoms with Crippen molar-refractivity contribution in [3.8, 4) is 44.5 Å². The molecule has 2 aliphatic rings. The number of pyridine rings is 1. The van der Waals surface area contributed by atoms with Crippen molar-refractivity contribution in [2.24, 2.45) is 0 Å². The van der Waals surface area contributed by atoms with E-state index in [-0.39, 0.29) is 0 Å². The van der Waals surface area contributed by atoms with Crippen LogP contribution in [0, 0.1) is 0 Å². The number of hydrogen-bond donors (Lipinski definition) is 0. The standard InChI is InChI=1S/C60H41N3/c1-5-18-43(19-6-1)62(44-20-7-2-8-21-44)47-32-34-52-50-26-13-14-27-51(50)53-35-33-48(63(45-22-9-3-10-23-45)46-24-11-4-12-25-46)41-58(53)60(57(52)40-47)55-30-16-15-28-54(55)59-49(29-17-31-56(59)60)42-36-38-61-39-37-42/h1-41H. The molecule has 9 aromatic carbocycles. The van der Waals surface area contributed by atoms with Crippen molar-refractivity contribution in [2.75, 3.05) is 9.80 Å². The summed E-state index contributed by atoms with van der Waals surface area (Å²) in [6, 6.07) is 86.7. The lowest BCUT2D eigenvalue weighted by Gasteiger charge is -2.37. The molecule has 0 atom stereocenters. The molecule has 2 aliphatic carbocycles. The van der Waals surface area contributed by atoms with Gasteiger partial charge in [-0.2, -0.15) is 0 Å². The highest BCUT2D eigenvalue weighted by Crippen LogP contribution is 2.64. The Bertz CT molecular complexity index is 3040. The number of para-hydroxylation sites is 4. The molecule has 0 radical (unpaired) electrons. The highest BCUT2D eigenvalue weighted by Gasteiger charge is 2.51. The molecule has 0 N–H and O–H groups in total. The molecule has 3 heteroatoms. The van der Waals surface area contributed by atoms with Crippen LogP contribution in [0.5, 0.6) is 0 Å². The molecule has 10 aromatic rings. The van der Waals surface area contributed by atoms with Crippen LogP contribution in [0.2, 0.25) is 0 Å². The van der Waals surface area contributed by atoms with Gasteiger partial charge >= 0.3 is 0 Å². The number of fused-ring (bicyclic) bond motifs is 12. The van der Waals surface area contributed by atoms with Crippen LogP contribution in [0.3, 0.4) is 0 Å². The molecule has 0 fully saturated rings. The minimum atomic E-state index is -0.747. The quantitative estimate of drug-likeness (QED) is 0.160. The summed E-state index contributed by atoms with van der Waals surface area (Å²) >= 11 is 0. The second-order valence-electron chi connectivity index (χ2n) is 16.3. The van der Waals surface area contributed by atoms with Gasteiger partial charge in [0.05, 0.1) is 5.41 Å². The zero-order valence-electron chi connectivity index (χ0n) is 34.5. The summed E-state index contributed by atoms with van der Waals surface area (Å²) in [5, 5.41) is 0. The van der Waals surface area contributed by atoms with Gasteiger partial charge in [-0.25, -0.2) is 0 Å². The SMILES string of the molecule is c1ccc(N(c2ccccc2)c2ccc3c(c2)C2(c4cc(N(c5ccccc5)c5ccccc5)ccc4-c4ccccc4-3)c3ccccc3-c3c(-c4ccncc4)cccc32)cc1. The van der Waals surface area contributed by atoms with E-state index in [1.165, 1.54) is 61.2 Å². The van der Waals surface area contributed by atoms with E-state index in [4.69, 9.17) is 0 Å². The topological polar surface area (TPSA) is 19.4 Å². The molecule has 0 saturated heterocycles. The first-order valence-electron chi connectivity index (χ1n) is 21.6. The number of aromatic nitrogens is 1. The molecule has 0 saturated carbocycles. The van der Waals surface area contributed by atoms with Crippen molar-refractivity contribution in [3.63, 3.8) is 0 Å². The smallest absolute Gasteiger partial charge is 0.0727 e. The molecule has 0 aliphatic heterocycles. The molecule has 3 nitrogen and oxygen atoms in total. The second-order valence-corrected chi connectivity index (χ2v) is 16.3. The van der Waals surface area contributed by atoms with Crippen LogP contribution in [-0.2, 0) is 5.41 Å². The van der Waals surface area contributed by atoms with Gasteiger partial charge in [0.2, 0.25) is 0 Å². The Morgan fingerprint density at radius 1 is 0.270 bits per heavy atom. The third-order valence-corrected chi connectivity index (χ3v) is 13.0. The van der Waals surface area contributed by atoms with Gasteiger partial charge in [0, 0.05) is 46.5 Å². The van der Waals surface area contributed by atoms with Crippen LogP contribution in [0.25, 0.3) is 44.5 Å². The minimum Gasteiger partial charge on any atom is -0.310 e. The first-order valence-corrected chi connectivity index (χ1v) is 21.6. The fourth-order valence-corrected chi connectivity index (χ4v) is 10.4. The lowest BCUT2D eigenvalue weighted by molar-refractivity contribution is 0.775. The van der Waals surface area contributed by atoms with Crippen molar-refractivity contribution in [1.29, 1.82) is 0 Å². The van der Waals surface area contributed by atoms with Gasteiger partial charge in [0.15, 0.2) is 0 Å². The van der Waals surface area contributed by atoms with E-state index < -0.39 is 5.41 Å². The summed E-state index contributed by atoms with van der Waals surface area (Å²) in [7, 11) is 0. The average molecular weight is 804 g/mol. The Labute approximate surface area is 368 Å². The molecule has 1 spiro atoms. The van der Waals surface area contributed by atoms with E-state index in [0.29, 0.717) is 0 Å². The molecule has 0 bridgehead atoms. The largest absolute Gasteiger partial charge is 0.310 e. The molecule has 63 heavy (non-hydrogen) atoms. The van der Waals surface area contributed by atoms with E-state index in [1.807, 2.05) is 12.4 Å².